The Hall–Kier alpha value is -7.79. The maximum atomic E-state index is 5.33. The molecule has 61 heavy (non-hydrogen) atoms. The molecule has 0 atom stereocenters. The van der Waals surface area contributed by atoms with Crippen LogP contribution in [0, 0.1) is 0 Å². The van der Waals surface area contributed by atoms with E-state index in [1.807, 2.05) is 18.2 Å². The molecule has 0 radical (unpaired) electrons. The molecule has 2 heterocycles. The molecule has 3 nitrogen and oxygen atoms in total. The van der Waals surface area contributed by atoms with E-state index in [-0.39, 0.29) is 0 Å². The lowest BCUT2D eigenvalue weighted by atomic mass is 9.82. The second kappa shape index (κ2) is 14.5. The Morgan fingerprint density at radius 2 is 0.672 bits per heavy atom. The summed E-state index contributed by atoms with van der Waals surface area (Å²) in [4.78, 5) is 15.7. The summed E-state index contributed by atoms with van der Waals surface area (Å²) in [6.07, 6.45) is 0. The van der Waals surface area contributed by atoms with Crippen LogP contribution in [0.3, 0.4) is 0 Å². The van der Waals surface area contributed by atoms with Gasteiger partial charge in [-0.25, -0.2) is 15.0 Å². The average Bonchev–Trinajstić information content (AvgIpc) is 3.72. The quantitative estimate of drug-likeness (QED) is 0.157. The van der Waals surface area contributed by atoms with Crippen LogP contribution in [0.25, 0.3) is 120 Å². The second-order valence-electron chi connectivity index (χ2n) is 15.4. The molecule has 4 heteroatoms. The lowest BCUT2D eigenvalue weighted by Crippen LogP contribution is -2.01. The number of benzene rings is 10. The fourth-order valence-corrected chi connectivity index (χ4v) is 10.5. The normalized spacial score (nSPS) is 11.6. The first kappa shape index (κ1) is 35.2. The predicted octanol–water partition coefficient (Wildman–Crippen LogP) is 15.7. The summed E-state index contributed by atoms with van der Waals surface area (Å²) >= 11 is 1.79. The van der Waals surface area contributed by atoms with Gasteiger partial charge in [0.25, 0.3) is 0 Å². The minimum absolute atomic E-state index is 0.646. The van der Waals surface area contributed by atoms with Crippen molar-refractivity contribution < 1.29 is 0 Å². The van der Waals surface area contributed by atoms with Crippen LogP contribution in [-0.4, -0.2) is 15.0 Å². The van der Waals surface area contributed by atoms with Crippen LogP contribution in [0.1, 0.15) is 0 Å². The molecule has 0 fully saturated rings. The molecule has 0 aliphatic rings. The Labute approximate surface area is 356 Å². The van der Waals surface area contributed by atoms with Crippen molar-refractivity contribution in [3.63, 3.8) is 0 Å². The standard InChI is InChI=1S/C57H35N3S/c1-3-18-36(19-4-1)38-22-7-10-26-42(38)52-43-27-11-13-29-45(43)53(46-30-14-12-28-44(46)52)47-34-35-49(40-24-9-8-23-39(40)47)56-58-55(37-20-5-2-6-21-37)59-57(60-56)50-32-17-31-48-41-25-15-16-33-51(41)61-54(48)50/h1-35H. The molecule has 0 amide bonds. The zero-order chi connectivity index (χ0) is 40.3. The van der Waals surface area contributed by atoms with E-state index in [9.17, 15) is 0 Å². The van der Waals surface area contributed by atoms with E-state index in [2.05, 4.69) is 194 Å². The van der Waals surface area contributed by atoms with Crippen molar-refractivity contribution in [3.05, 3.63) is 212 Å². The van der Waals surface area contributed by atoms with Gasteiger partial charge < -0.3 is 0 Å². The Kier molecular flexibility index (Phi) is 8.36. The molecule has 0 saturated heterocycles. The van der Waals surface area contributed by atoms with Gasteiger partial charge in [-0.05, 0) is 83.9 Å². The Morgan fingerprint density at radius 1 is 0.246 bits per heavy atom. The van der Waals surface area contributed by atoms with E-state index in [0.717, 1.165) is 27.5 Å². The minimum Gasteiger partial charge on any atom is -0.208 e. The van der Waals surface area contributed by atoms with Gasteiger partial charge in [-0.1, -0.05) is 194 Å². The number of thiophene rings is 1. The Balaban J connectivity index is 1.10. The van der Waals surface area contributed by atoms with Gasteiger partial charge in [0.05, 0.1) is 0 Å². The van der Waals surface area contributed by atoms with Crippen LogP contribution in [0.2, 0.25) is 0 Å². The summed E-state index contributed by atoms with van der Waals surface area (Å²) < 4.78 is 2.42. The molecule has 0 N–H and O–H groups in total. The van der Waals surface area contributed by atoms with Crippen LogP contribution in [-0.2, 0) is 0 Å². The van der Waals surface area contributed by atoms with Crippen molar-refractivity contribution in [2.75, 3.05) is 0 Å². The summed E-state index contributed by atoms with van der Waals surface area (Å²) in [6, 6.07) is 75.8. The van der Waals surface area contributed by atoms with E-state index in [1.165, 1.54) is 75.1 Å². The summed E-state index contributed by atoms with van der Waals surface area (Å²) in [5.74, 6) is 1.96. The monoisotopic (exact) mass is 793 g/mol. The van der Waals surface area contributed by atoms with Gasteiger partial charge in [0.1, 0.15) is 0 Å². The third-order valence-electron chi connectivity index (χ3n) is 12.0. The van der Waals surface area contributed by atoms with Crippen LogP contribution < -0.4 is 0 Å². The zero-order valence-electron chi connectivity index (χ0n) is 33.0. The highest BCUT2D eigenvalue weighted by molar-refractivity contribution is 7.26. The number of hydrogen-bond donors (Lipinski definition) is 0. The second-order valence-corrected chi connectivity index (χ2v) is 16.5. The van der Waals surface area contributed by atoms with Gasteiger partial charge in [0.2, 0.25) is 0 Å². The third-order valence-corrected chi connectivity index (χ3v) is 13.2. The summed E-state index contributed by atoms with van der Waals surface area (Å²) in [7, 11) is 0. The first-order chi connectivity index (χ1) is 30.3. The molecule has 0 bridgehead atoms. The number of fused-ring (bicyclic) bond motifs is 6. The van der Waals surface area contributed by atoms with Crippen molar-refractivity contribution >= 4 is 63.8 Å². The predicted molar refractivity (Wildman–Crippen MR) is 258 cm³/mol. The molecule has 0 spiro atoms. The molecule has 0 aliphatic heterocycles. The lowest BCUT2D eigenvalue weighted by Gasteiger charge is -2.21. The van der Waals surface area contributed by atoms with Gasteiger partial charge in [-0.3, -0.25) is 0 Å². The minimum atomic E-state index is 0.646. The SMILES string of the molecule is c1ccc(-c2nc(-c3ccc(-c4c5ccccc5c(-c5ccccc5-c5ccccc5)c5ccccc45)c4ccccc34)nc(-c3cccc4c3sc3ccccc34)n2)cc1. The number of hydrogen-bond acceptors (Lipinski definition) is 4. The third kappa shape index (κ3) is 5.83. The first-order valence-corrected chi connectivity index (χ1v) is 21.4. The molecule has 0 unspecified atom stereocenters. The van der Waals surface area contributed by atoms with E-state index < -0.39 is 0 Å². The Bertz CT molecular complexity index is 3590. The molecule has 284 valence electrons. The summed E-state index contributed by atoms with van der Waals surface area (Å²) in [5, 5.41) is 9.55. The van der Waals surface area contributed by atoms with E-state index in [4.69, 9.17) is 15.0 Å². The van der Waals surface area contributed by atoms with E-state index in [1.54, 1.807) is 11.3 Å². The molecule has 12 aromatic rings. The fourth-order valence-electron chi connectivity index (χ4n) is 9.25. The fraction of sp³-hybridized carbons (Fsp3) is 0. The lowest BCUT2D eigenvalue weighted by molar-refractivity contribution is 1.08. The molecule has 0 aliphatic carbocycles. The molecule has 12 rings (SSSR count). The van der Waals surface area contributed by atoms with Crippen LogP contribution >= 0.6 is 11.3 Å². The smallest absolute Gasteiger partial charge is 0.165 e. The average molecular weight is 794 g/mol. The van der Waals surface area contributed by atoms with Gasteiger partial charge in [-0.2, -0.15) is 0 Å². The highest BCUT2D eigenvalue weighted by Crippen LogP contribution is 2.48. The topological polar surface area (TPSA) is 38.7 Å². The van der Waals surface area contributed by atoms with Gasteiger partial charge in [-0.15, -0.1) is 11.3 Å². The largest absolute Gasteiger partial charge is 0.208 e. The Morgan fingerprint density at radius 3 is 1.33 bits per heavy atom. The number of nitrogens with zero attached hydrogens (tertiary/aromatic N) is 3. The van der Waals surface area contributed by atoms with Crippen LogP contribution in [0.15, 0.2) is 212 Å². The molecular weight excluding hydrogens is 759 g/mol. The zero-order valence-corrected chi connectivity index (χ0v) is 33.8. The summed E-state index contributed by atoms with van der Waals surface area (Å²) in [5.41, 5.74) is 10.2. The van der Waals surface area contributed by atoms with Gasteiger partial charge >= 0.3 is 0 Å². The first-order valence-electron chi connectivity index (χ1n) is 20.6. The molecule has 2 aromatic heterocycles. The number of rotatable bonds is 6. The van der Waals surface area contributed by atoms with Crippen molar-refractivity contribution in [3.8, 4) is 67.5 Å². The number of aromatic nitrogens is 3. The molecule has 0 saturated carbocycles. The molecule has 10 aromatic carbocycles. The highest BCUT2D eigenvalue weighted by atomic mass is 32.1. The van der Waals surface area contributed by atoms with E-state index in [0.29, 0.717) is 17.5 Å². The van der Waals surface area contributed by atoms with Crippen molar-refractivity contribution in [1.29, 1.82) is 0 Å². The van der Waals surface area contributed by atoms with E-state index >= 15 is 0 Å². The highest BCUT2D eigenvalue weighted by Gasteiger charge is 2.22. The maximum absolute atomic E-state index is 5.33. The van der Waals surface area contributed by atoms with Gasteiger partial charge in [0, 0.05) is 36.9 Å². The van der Waals surface area contributed by atoms with Gasteiger partial charge in [0.15, 0.2) is 17.5 Å². The maximum Gasteiger partial charge on any atom is 0.165 e. The molecular formula is C57H35N3S. The van der Waals surface area contributed by atoms with Crippen molar-refractivity contribution in [2.45, 2.75) is 0 Å². The van der Waals surface area contributed by atoms with Crippen LogP contribution in [0.4, 0.5) is 0 Å². The van der Waals surface area contributed by atoms with Crippen molar-refractivity contribution in [1.82, 2.24) is 15.0 Å². The van der Waals surface area contributed by atoms with Crippen LogP contribution in [0.5, 0.6) is 0 Å². The van der Waals surface area contributed by atoms with Crippen molar-refractivity contribution in [2.24, 2.45) is 0 Å². The summed E-state index contributed by atoms with van der Waals surface area (Å²) in [6.45, 7) is 0.